The van der Waals surface area contributed by atoms with Gasteiger partial charge in [-0.3, -0.25) is 4.79 Å². The van der Waals surface area contributed by atoms with E-state index in [9.17, 15) is 14.0 Å². The molecular formula is C13H8ClFN2O3. The number of aromatic nitrogens is 1. The molecule has 0 spiro atoms. The van der Waals surface area contributed by atoms with Crippen molar-refractivity contribution in [3.63, 3.8) is 0 Å². The van der Waals surface area contributed by atoms with Gasteiger partial charge in [0, 0.05) is 6.20 Å². The Kier molecular flexibility index (Phi) is 3.95. The number of carbonyl (C=O) groups is 2. The largest absolute Gasteiger partial charge is 0.478 e. The molecule has 5 nitrogen and oxygen atoms in total. The van der Waals surface area contributed by atoms with Gasteiger partial charge in [-0.15, -0.1) is 0 Å². The van der Waals surface area contributed by atoms with Gasteiger partial charge in [-0.2, -0.15) is 0 Å². The second kappa shape index (κ2) is 5.66. The predicted octanol–water partition coefficient (Wildman–Crippen LogP) is 2.82. The van der Waals surface area contributed by atoms with Gasteiger partial charge in [0.2, 0.25) is 0 Å². The number of nitrogens with zero attached hydrogens (tertiary/aromatic N) is 1. The van der Waals surface area contributed by atoms with E-state index in [1.54, 1.807) is 0 Å². The summed E-state index contributed by atoms with van der Waals surface area (Å²) in [7, 11) is 0. The molecule has 7 heteroatoms. The smallest absolute Gasteiger partial charge is 0.340 e. The van der Waals surface area contributed by atoms with Crippen molar-refractivity contribution in [2.45, 2.75) is 0 Å². The lowest BCUT2D eigenvalue weighted by Gasteiger charge is -2.08. The first-order valence-electron chi connectivity index (χ1n) is 5.44. The average Bonchev–Trinajstić information content (AvgIpc) is 2.39. The Balaban J connectivity index is 2.30. The number of amides is 1. The number of carboxylic acids is 1. The van der Waals surface area contributed by atoms with Crippen LogP contribution >= 0.6 is 11.6 Å². The van der Waals surface area contributed by atoms with E-state index in [0.717, 1.165) is 6.07 Å². The van der Waals surface area contributed by atoms with Crippen LogP contribution in [-0.4, -0.2) is 22.0 Å². The molecule has 102 valence electrons. The minimum absolute atomic E-state index is 0.127. The van der Waals surface area contributed by atoms with Gasteiger partial charge in [0.15, 0.2) is 0 Å². The molecule has 1 amide bonds. The monoisotopic (exact) mass is 294 g/mol. The topological polar surface area (TPSA) is 79.3 Å². The van der Waals surface area contributed by atoms with Crippen LogP contribution in [-0.2, 0) is 0 Å². The van der Waals surface area contributed by atoms with E-state index in [2.05, 4.69) is 10.3 Å². The molecule has 0 atom stereocenters. The van der Waals surface area contributed by atoms with Crippen LogP contribution in [0, 0.1) is 5.82 Å². The van der Waals surface area contributed by atoms with E-state index < -0.39 is 23.3 Å². The lowest BCUT2D eigenvalue weighted by molar-refractivity contribution is 0.0693. The van der Waals surface area contributed by atoms with Gasteiger partial charge in [-0.1, -0.05) is 17.7 Å². The molecule has 1 aromatic heterocycles. The van der Waals surface area contributed by atoms with Gasteiger partial charge in [0.25, 0.3) is 5.91 Å². The molecule has 0 radical (unpaired) electrons. The third-order valence-electron chi connectivity index (χ3n) is 2.47. The highest BCUT2D eigenvalue weighted by molar-refractivity contribution is 6.29. The van der Waals surface area contributed by atoms with Crippen molar-refractivity contribution in [2.24, 2.45) is 0 Å². The van der Waals surface area contributed by atoms with Gasteiger partial charge < -0.3 is 10.4 Å². The maximum atomic E-state index is 13.4. The van der Waals surface area contributed by atoms with Crippen LogP contribution in [0.1, 0.15) is 20.7 Å². The minimum Gasteiger partial charge on any atom is -0.478 e. The first-order valence-corrected chi connectivity index (χ1v) is 5.81. The molecule has 1 heterocycles. The first-order chi connectivity index (χ1) is 9.49. The fraction of sp³-hybridized carbons (Fsp3) is 0. The Bertz CT molecular complexity index is 674. The molecule has 0 saturated heterocycles. The zero-order valence-electron chi connectivity index (χ0n) is 9.93. The summed E-state index contributed by atoms with van der Waals surface area (Å²) in [5, 5.41) is 11.5. The molecule has 2 aromatic rings. The SMILES string of the molecule is O=C(Nc1cccc(F)c1C(=O)O)c1ccc(Cl)nc1. The number of aromatic carboxylic acids is 1. The lowest BCUT2D eigenvalue weighted by Crippen LogP contribution is -2.16. The van der Waals surface area contributed by atoms with Crippen LogP contribution in [0.5, 0.6) is 0 Å². The van der Waals surface area contributed by atoms with Crippen molar-refractivity contribution in [3.05, 3.63) is 58.6 Å². The molecule has 2 rings (SSSR count). The Labute approximate surface area is 118 Å². The summed E-state index contributed by atoms with van der Waals surface area (Å²) in [6, 6.07) is 6.44. The quantitative estimate of drug-likeness (QED) is 0.853. The van der Waals surface area contributed by atoms with Crippen LogP contribution in [0.25, 0.3) is 0 Å². The zero-order chi connectivity index (χ0) is 14.7. The Morgan fingerprint density at radius 2 is 2.00 bits per heavy atom. The number of halogens is 2. The molecular weight excluding hydrogens is 287 g/mol. The van der Waals surface area contributed by atoms with Crippen molar-refractivity contribution < 1.29 is 19.1 Å². The van der Waals surface area contributed by atoms with Crippen LogP contribution in [0.3, 0.4) is 0 Å². The Morgan fingerprint density at radius 3 is 2.60 bits per heavy atom. The fourth-order valence-electron chi connectivity index (χ4n) is 1.55. The molecule has 0 fully saturated rings. The number of rotatable bonds is 3. The number of carboxylic acid groups (broad SMARTS) is 1. The zero-order valence-corrected chi connectivity index (χ0v) is 10.7. The van der Waals surface area contributed by atoms with E-state index in [4.69, 9.17) is 16.7 Å². The van der Waals surface area contributed by atoms with Crippen LogP contribution in [0.2, 0.25) is 5.15 Å². The average molecular weight is 295 g/mol. The van der Waals surface area contributed by atoms with Gasteiger partial charge in [-0.25, -0.2) is 14.2 Å². The molecule has 0 bridgehead atoms. The summed E-state index contributed by atoms with van der Waals surface area (Å²) in [4.78, 5) is 26.6. The maximum absolute atomic E-state index is 13.4. The van der Waals surface area contributed by atoms with E-state index in [1.165, 1.54) is 30.5 Å². The highest BCUT2D eigenvalue weighted by atomic mass is 35.5. The van der Waals surface area contributed by atoms with Crippen LogP contribution < -0.4 is 5.32 Å². The Hall–Kier alpha value is -2.47. The molecule has 0 unspecified atom stereocenters. The number of hydrogen-bond acceptors (Lipinski definition) is 3. The normalized spacial score (nSPS) is 10.1. The molecule has 0 saturated carbocycles. The van der Waals surface area contributed by atoms with Gasteiger partial charge >= 0.3 is 5.97 Å². The van der Waals surface area contributed by atoms with E-state index in [-0.39, 0.29) is 16.4 Å². The number of nitrogens with one attached hydrogen (secondary N) is 1. The standard InChI is InChI=1S/C13H8ClFN2O3/c14-10-5-4-7(6-16-10)12(18)17-9-3-1-2-8(15)11(9)13(19)20/h1-6H,(H,17,18)(H,19,20). The molecule has 0 aliphatic rings. The molecule has 20 heavy (non-hydrogen) atoms. The van der Waals surface area contributed by atoms with Crippen LogP contribution in [0.15, 0.2) is 36.5 Å². The van der Waals surface area contributed by atoms with Crippen molar-refractivity contribution >= 4 is 29.2 Å². The third kappa shape index (κ3) is 2.92. The summed E-state index contributed by atoms with van der Waals surface area (Å²) < 4.78 is 13.4. The van der Waals surface area contributed by atoms with Crippen molar-refractivity contribution in [1.29, 1.82) is 0 Å². The van der Waals surface area contributed by atoms with Crippen molar-refractivity contribution in [1.82, 2.24) is 4.98 Å². The summed E-state index contributed by atoms with van der Waals surface area (Å²) in [6.07, 6.45) is 1.23. The minimum atomic E-state index is -1.47. The van der Waals surface area contributed by atoms with Gasteiger partial charge in [-0.05, 0) is 24.3 Å². The molecule has 2 N–H and O–H groups in total. The molecule has 1 aromatic carbocycles. The van der Waals surface area contributed by atoms with E-state index in [1.807, 2.05) is 0 Å². The highest BCUT2D eigenvalue weighted by Gasteiger charge is 2.17. The molecule has 0 aliphatic carbocycles. The van der Waals surface area contributed by atoms with E-state index >= 15 is 0 Å². The number of benzene rings is 1. The number of pyridine rings is 1. The van der Waals surface area contributed by atoms with Crippen molar-refractivity contribution in [3.8, 4) is 0 Å². The second-order valence-electron chi connectivity index (χ2n) is 3.79. The number of anilines is 1. The number of carbonyl (C=O) groups excluding carboxylic acids is 1. The first kappa shape index (κ1) is 14.0. The molecule has 0 aliphatic heterocycles. The summed E-state index contributed by atoms with van der Waals surface area (Å²) in [6.45, 7) is 0. The lowest BCUT2D eigenvalue weighted by atomic mass is 10.1. The summed E-state index contributed by atoms with van der Waals surface area (Å²) >= 11 is 5.59. The van der Waals surface area contributed by atoms with E-state index in [0.29, 0.717) is 0 Å². The Morgan fingerprint density at radius 1 is 1.25 bits per heavy atom. The predicted molar refractivity (Wildman–Crippen MR) is 70.6 cm³/mol. The summed E-state index contributed by atoms with van der Waals surface area (Å²) in [5.41, 5.74) is -0.546. The number of hydrogen-bond donors (Lipinski definition) is 2. The summed E-state index contributed by atoms with van der Waals surface area (Å²) in [5.74, 6) is -3.00. The van der Waals surface area contributed by atoms with Crippen LogP contribution in [0.4, 0.5) is 10.1 Å². The third-order valence-corrected chi connectivity index (χ3v) is 2.69. The fourth-order valence-corrected chi connectivity index (χ4v) is 1.66. The maximum Gasteiger partial charge on any atom is 0.340 e. The second-order valence-corrected chi connectivity index (χ2v) is 4.18. The van der Waals surface area contributed by atoms with Gasteiger partial charge in [0.05, 0.1) is 11.3 Å². The van der Waals surface area contributed by atoms with Crippen molar-refractivity contribution in [2.75, 3.05) is 5.32 Å². The highest BCUT2D eigenvalue weighted by Crippen LogP contribution is 2.20. The van der Waals surface area contributed by atoms with Gasteiger partial charge in [0.1, 0.15) is 16.5 Å².